The average Bonchev–Trinajstić information content (AvgIpc) is 2.67. The zero-order valence-corrected chi connectivity index (χ0v) is 20.2. The van der Waals surface area contributed by atoms with Crippen LogP contribution in [0.2, 0.25) is 0 Å². The van der Waals surface area contributed by atoms with Crippen LogP contribution in [0, 0.1) is 25.2 Å². The summed E-state index contributed by atoms with van der Waals surface area (Å²) in [6, 6.07) is 6.55. The highest BCUT2D eigenvalue weighted by molar-refractivity contribution is 5.91. The van der Waals surface area contributed by atoms with Crippen LogP contribution in [0.5, 0.6) is 0 Å². The number of aryl methyl sites for hydroxylation is 2. The summed E-state index contributed by atoms with van der Waals surface area (Å²) in [5, 5.41) is 14.8. The first-order valence-corrected chi connectivity index (χ1v) is 10.9. The zero-order valence-electron chi connectivity index (χ0n) is 20.2. The number of ether oxygens (including phenoxy) is 1. The Morgan fingerprint density at radius 3 is 2.44 bits per heavy atom. The number of carbonyl (C=O) groups is 3. The molecule has 2 unspecified atom stereocenters. The lowest BCUT2D eigenvalue weighted by Gasteiger charge is -2.31. The van der Waals surface area contributed by atoms with Crippen LogP contribution >= 0.6 is 0 Å². The van der Waals surface area contributed by atoms with Gasteiger partial charge in [0.25, 0.3) is 0 Å². The molecule has 2 atom stereocenters. The molecule has 0 aliphatic heterocycles. The molecular formula is C24H36N4O4. The summed E-state index contributed by atoms with van der Waals surface area (Å²) in [4.78, 5) is 39.6. The minimum Gasteiger partial charge on any atom is -0.444 e. The van der Waals surface area contributed by atoms with Gasteiger partial charge in [-0.05, 0) is 59.1 Å². The monoisotopic (exact) mass is 444 g/mol. The highest BCUT2D eigenvalue weighted by Gasteiger charge is 2.33. The minimum atomic E-state index is -0.998. The third kappa shape index (κ3) is 8.58. The molecular weight excluding hydrogens is 408 g/mol. The molecule has 0 aliphatic rings. The van der Waals surface area contributed by atoms with E-state index in [1.807, 2.05) is 52.0 Å². The van der Waals surface area contributed by atoms with Crippen LogP contribution < -0.4 is 10.6 Å². The van der Waals surface area contributed by atoms with Crippen molar-refractivity contribution in [2.24, 2.45) is 0 Å². The maximum atomic E-state index is 13.3. The Morgan fingerprint density at radius 1 is 1.22 bits per heavy atom. The number of carbonyl (C=O) groups excluding carboxylic acids is 3. The number of benzene rings is 1. The van der Waals surface area contributed by atoms with Crippen LogP contribution in [0.1, 0.15) is 70.2 Å². The number of amides is 3. The summed E-state index contributed by atoms with van der Waals surface area (Å²) in [6.07, 6.45) is 0.945. The van der Waals surface area contributed by atoms with E-state index in [-0.39, 0.29) is 18.5 Å². The Morgan fingerprint density at radius 2 is 1.88 bits per heavy atom. The predicted octanol–water partition coefficient (Wildman–Crippen LogP) is 3.53. The van der Waals surface area contributed by atoms with Gasteiger partial charge >= 0.3 is 6.09 Å². The van der Waals surface area contributed by atoms with Crippen molar-refractivity contribution in [3.05, 3.63) is 34.9 Å². The third-order valence-corrected chi connectivity index (χ3v) is 4.74. The van der Waals surface area contributed by atoms with Crippen molar-refractivity contribution in [2.75, 3.05) is 13.1 Å². The van der Waals surface area contributed by atoms with Gasteiger partial charge in [0.2, 0.25) is 11.8 Å². The summed E-state index contributed by atoms with van der Waals surface area (Å²) in [5.74, 6) is -0.915. The lowest BCUT2D eigenvalue weighted by molar-refractivity contribution is -0.139. The van der Waals surface area contributed by atoms with Crippen LogP contribution in [-0.2, 0) is 14.3 Å². The zero-order chi connectivity index (χ0) is 24.5. The second-order valence-corrected chi connectivity index (χ2v) is 9.00. The first-order chi connectivity index (χ1) is 14.9. The lowest BCUT2D eigenvalue weighted by Crippen LogP contribution is -2.49. The number of alkyl carbamates (subject to hydrolysis) is 1. The van der Waals surface area contributed by atoms with Gasteiger partial charge in [-0.15, -0.1) is 0 Å². The SMILES string of the molecule is CCCC(C)NC(=O)C(c1cc(C)ccc1C)N(CC#N)C(=O)CNC(=O)OC(C)(C)C. The summed E-state index contributed by atoms with van der Waals surface area (Å²) in [6.45, 7) is 12.1. The Balaban J connectivity index is 3.25. The van der Waals surface area contributed by atoms with Crippen molar-refractivity contribution >= 4 is 17.9 Å². The van der Waals surface area contributed by atoms with E-state index >= 15 is 0 Å². The second-order valence-electron chi connectivity index (χ2n) is 9.00. The fourth-order valence-electron chi connectivity index (χ4n) is 3.30. The number of hydrogen-bond acceptors (Lipinski definition) is 5. The maximum Gasteiger partial charge on any atom is 0.408 e. The molecule has 0 fully saturated rings. The smallest absolute Gasteiger partial charge is 0.408 e. The molecule has 0 aliphatic carbocycles. The van der Waals surface area contributed by atoms with Crippen LogP contribution in [0.15, 0.2) is 18.2 Å². The minimum absolute atomic E-state index is 0.0842. The fourth-order valence-corrected chi connectivity index (χ4v) is 3.30. The molecule has 0 aromatic heterocycles. The molecule has 8 heteroatoms. The van der Waals surface area contributed by atoms with Gasteiger partial charge in [-0.2, -0.15) is 5.26 Å². The number of rotatable bonds is 9. The van der Waals surface area contributed by atoms with E-state index in [0.717, 1.165) is 24.0 Å². The van der Waals surface area contributed by atoms with E-state index in [4.69, 9.17) is 4.74 Å². The fraction of sp³-hybridized carbons (Fsp3) is 0.583. The molecule has 0 bridgehead atoms. The standard InChI is InChI=1S/C24H36N4O4/c1-8-9-18(4)27-22(30)21(19-14-16(2)10-11-17(19)3)28(13-12-25)20(29)15-26-23(31)32-24(5,6)7/h10-11,14,18,21H,8-9,13,15H2,1-7H3,(H,26,31)(H,27,30). The highest BCUT2D eigenvalue weighted by atomic mass is 16.6. The first-order valence-electron chi connectivity index (χ1n) is 10.9. The van der Waals surface area contributed by atoms with Gasteiger partial charge in [0.1, 0.15) is 24.7 Å². The van der Waals surface area contributed by atoms with E-state index in [0.29, 0.717) is 5.56 Å². The number of nitrogens with zero attached hydrogens (tertiary/aromatic N) is 2. The van der Waals surface area contributed by atoms with E-state index in [1.54, 1.807) is 20.8 Å². The predicted molar refractivity (Wildman–Crippen MR) is 123 cm³/mol. The van der Waals surface area contributed by atoms with Gasteiger partial charge in [0.15, 0.2) is 0 Å². The third-order valence-electron chi connectivity index (χ3n) is 4.74. The van der Waals surface area contributed by atoms with Gasteiger partial charge in [0.05, 0.1) is 6.07 Å². The number of hydrogen-bond donors (Lipinski definition) is 2. The van der Waals surface area contributed by atoms with Gasteiger partial charge in [-0.1, -0.05) is 37.1 Å². The Kier molecular flexibility index (Phi) is 10.2. The molecule has 3 amide bonds. The molecule has 0 radical (unpaired) electrons. The van der Waals surface area contributed by atoms with Crippen molar-refractivity contribution in [3.8, 4) is 6.07 Å². The number of nitrogens with one attached hydrogen (secondary N) is 2. The highest BCUT2D eigenvalue weighted by Crippen LogP contribution is 2.26. The van der Waals surface area contributed by atoms with E-state index < -0.39 is 30.2 Å². The second kappa shape index (κ2) is 12.1. The summed E-state index contributed by atoms with van der Waals surface area (Å²) >= 11 is 0. The summed E-state index contributed by atoms with van der Waals surface area (Å²) in [5.41, 5.74) is 1.69. The first kappa shape index (κ1) is 27.0. The molecule has 0 saturated carbocycles. The molecule has 1 aromatic carbocycles. The van der Waals surface area contributed by atoms with Crippen LogP contribution in [0.4, 0.5) is 4.79 Å². The molecule has 0 saturated heterocycles. The van der Waals surface area contributed by atoms with Crippen LogP contribution in [-0.4, -0.2) is 47.5 Å². The molecule has 1 rings (SSSR count). The van der Waals surface area contributed by atoms with E-state index in [2.05, 4.69) is 10.6 Å². The van der Waals surface area contributed by atoms with Gasteiger partial charge in [0, 0.05) is 6.04 Å². The van der Waals surface area contributed by atoms with Crippen molar-refractivity contribution in [1.82, 2.24) is 15.5 Å². The molecule has 1 aromatic rings. The molecule has 176 valence electrons. The van der Waals surface area contributed by atoms with Crippen molar-refractivity contribution in [2.45, 2.75) is 79.0 Å². The van der Waals surface area contributed by atoms with Crippen LogP contribution in [0.3, 0.4) is 0 Å². The normalized spacial score (nSPS) is 12.8. The largest absolute Gasteiger partial charge is 0.444 e. The topological polar surface area (TPSA) is 112 Å². The Bertz CT molecular complexity index is 855. The van der Waals surface area contributed by atoms with Gasteiger partial charge in [-0.3, -0.25) is 9.59 Å². The number of nitriles is 1. The average molecular weight is 445 g/mol. The molecule has 2 N–H and O–H groups in total. The quantitative estimate of drug-likeness (QED) is 0.566. The van der Waals surface area contributed by atoms with Crippen molar-refractivity contribution in [3.63, 3.8) is 0 Å². The van der Waals surface area contributed by atoms with Gasteiger partial charge < -0.3 is 20.3 Å². The summed E-state index contributed by atoms with van der Waals surface area (Å²) < 4.78 is 5.17. The molecule has 8 nitrogen and oxygen atoms in total. The lowest BCUT2D eigenvalue weighted by atomic mass is 9.96. The van der Waals surface area contributed by atoms with Gasteiger partial charge in [-0.25, -0.2) is 4.79 Å². The Hall–Kier alpha value is -3.08. The Labute approximate surface area is 191 Å². The molecule has 0 spiro atoms. The van der Waals surface area contributed by atoms with Crippen molar-refractivity contribution < 1.29 is 19.1 Å². The molecule has 32 heavy (non-hydrogen) atoms. The maximum absolute atomic E-state index is 13.3. The van der Waals surface area contributed by atoms with E-state index in [1.165, 1.54) is 4.90 Å². The van der Waals surface area contributed by atoms with Crippen molar-refractivity contribution in [1.29, 1.82) is 5.26 Å². The van der Waals surface area contributed by atoms with Crippen LogP contribution in [0.25, 0.3) is 0 Å². The van der Waals surface area contributed by atoms with E-state index in [9.17, 15) is 19.6 Å². The summed E-state index contributed by atoms with van der Waals surface area (Å²) in [7, 11) is 0. The molecule has 0 heterocycles.